The Kier molecular flexibility index (Phi) is 2.26. The molecule has 2 heteroatoms. The van der Waals surface area contributed by atoms with Gasteiger partial charge in [0, 0.05) is 6.20 Å². The quantitative estimate of drug-likeness (QED) is 0.568. The highest BCUT2D eigenvalue weighted by atomic mass is 19.1. The molecule has 1 nitrogen and oxygen atoms in total. The Bertz CT molecular complexity index is 354. The van der Waals surface area contributed by atoms with Gasteiger partial charge in [0.05, 0.1) is 0 Å². The summed E-state index contributed by atoms with van der Waals surface area (Å²) >= 11 is 0. The first-order valence-electron chi connectivity index (χ1n) is 3.42. The molecule has 1 rings (SSSR count). The van der Waals surface area contributed by atoms with Crippen LogP contribution in [-0.2, 0) is 0 Å². The molecule has 0 unspecified atom stereocenters. The van der Waals surface area contributed by atoms with E-state index in [1.54, 1.807) is 6.07 Å². The summed E-state index contributed by atoms with van der Waals surface area (Å²) < 4.78 is 12.6. The molecule has 0 fully saturated rings. The van der Waals surface area contributed by atoms with Crippen LogP contribution in [0, 0.1) is 5.82 Å². The van der Waals surface area contributed by atoms with Crippen LogP contribution in [0.5, 0.6) is 0 Å². The summed E-state index contributed by atoms with van der Waals surface area (Å²) in [5, 5.41) is 1.68. The Balaban J connectivity index is 3.55. The molecule has 58 valence electrons. The van der Waals surface area contributed by atoms with Crippen molar-refractivity contribution in [3.8, 4) is 0 Å². The third-order valence-corrected chi connectivity index (χ3v) is 1.54. The molecule has 0 heterocycles. The fraction of sp³-hybridized carbons (Fsp3) is 0.111. The predicted molar refractivity (Wildman–Crippen MR) is 44.4 cm³/mol. The van der Waals surface area contributed by atoms with E-state index in [4.69, 9.17) is 5.73 Å². The van der Waals surface area contributed by atoms with Gasteiger partial charge in [-0.15, -0.1) is 0 Å². The maximum absolute atomic E-state index is 12.6. The van der Waals surface area contributed by atoms with Crippen LogP contribution >= 0.6 is 0 Å². The standard InChI is InChI=1S/C9H10FN/c1-2-7-3-4-9(10)5-8(7)6-11/h2-6H,11H2,1H3/b7-2-,8-6-. The molecule has 0 spiro atoms. The third-order valence-electron chi connectivity index (χ3n) is 1.54. The Morgan fingerprint density at radius 2 is 2.09 bits per heavy atom. The molecule has 0 aromatic heterocycles. The molecule has 0 saturated carbocycles. The van der Waals surface area contributed by atoms with Crippen molar-refractivity contribution in [2.24, 2.45) is 5.73 Å². The first-order chi connectivity index (χ1) is 5.27. The van der Waals surface area contributed by atoms with E-state index in [0.29, 0.717) is 0 Å². The van der Waals surface area contributed by atoms with Gasteiger partial charge in [0.2, 0.25) is 0 Å². The average Bonchev–Trinajstić information content (AvgIpc) is 2.04. The summed E-state index contributed by atoms with van der Waals surface area (Å²) in [5.74, 6) is -0.257. The van der Waals surface area contributed by atoms with Crippen molar-refractivity contribution in [1.29, 1.82) is 0 Å². The Morgan fingerprint density at radius 3 is 2.64 bits per heavy atom. The number of benzene rings is 1. The second-order valence-corrected chi connectivity index (χ2v) is 2.23. The molecule has 11 heavy (non-hydrogen) atoms. The molecule has 2 N–H and O–H groups in total. The van der Waals surface area contributed by atoms with Crippen LogP contribution in [0.3, 0.4) is 0 Å². The summed E-state index contributed by atoms with van der Waals surface area (Å²) in [6.45, 7) is 1.89. The fourth-order valence-corrected chi connectivity index (χ4v) is 0.953. The van der Waals surface area contributed by atoms with E-state index in [-0.39, 0.29) is 5.82 Å². The highest BCUT2D eigenvalue weighted by Gasteiger charge is 1.87. The number of halogens is 1. The van der Waals surface area contributed by atoms with E-state index in [9.17, 15) is 4.39 Å². The van der Waals surface area contributed by atoms with E-state index in [2.05, 4.69) is 0 Å². The maximum Gasteiger partial charge on any atom is 0.123 e. The zero-order valence-electron chi connectivity index (χ0n) is 6.34. The first-order valence-corrected chi connectivity index (χ1v) is 3.42. The molecule has 0 atom stereocenters. The van der Waals surface area contributed by atoms with Gasteiger partial charge in [-0.3, -0.25) is 0 Å². The number of nitrogens with two attached hydrogens (primary N) is 1. The van der Waals surface area contributed by atoms with Gasteiger partial charge in [-0.05, 0) is 29.5 Å². The lowest BCUT2D eigenvalue weighted by Gasteiger charge is -1.89. The predicted octanol–water partition coefficient (Wildman–Crippen LogP) is 0.323. The van der Waals surface area contributed by atoms with Crippen molar-refractivity contribution in [2.75, 3.05) is 0 Å². The zero-order valence-corrected chi connectivity index (χ0v) is 6.34. The SMILES string of the molecule is C/C=c1/ccc(F)c/c1=C/N. The van der Waals surface area contributed by atoms with E-state index in [1.165, 1.54) is 18.3 Å². The zero-order chi connectivity index (χ0) is 8.27. The van der Waals surface area contributed by atoms with Gasteiger partial charge in [0.25, 0.3) is 0 Å². The lowest BCUT2D eigenvalue weighted by atomic mass is 10.2. The molecule has 0 bridgehead atoms. The molecule has 0 saturated heterocycles. The highest BCUT2D eigenvalue weighted by molar-refractivity contribution is 5.28. The van der Waals surface area contributed by atoms with Crippen LogP contribution in [0.25, 0.3) is 12.3 Å². The molecule has 0 aliphatic rings. The Labute approximate surface area is 64.7 Å². The van der Waals surface area contributed by atoms with E-state index in [1.807, 2.05) is 13.0 Å². The molecular weight excluding hydrogens is 141 g/mol. The number of hydrogen-bond acceptors (Lipinski definition) is 1. The summed E-state index contributed by atoms with van der Waals surface area (Å²) in [7, 11) is 0. The molecule has 1 aromatic rings. The normalized spacial score (nSPS) is 14.0. The van der Waals surface area contributed by atoms with Crippen molar-refractivity contribution in [2.45, 2.75) is 6.92 Å². The molecule has 0 aliphatic heterocycles. The van der Waals surface area contributed by atoms with E-state index < -0.39 is 0 Å². The number of rotatable bonds is 0. The Morgan fingerprint density at radius 1 is 1.36 bits per heavy atom. The van der Waals surface area contributed by atoms with Crippen molar-refractivity contribution in [3.63, 3.8) is 0 Å². The summed E-state index contributed by atoms with van der Waals surface area (Å²) in [6, 6.07) is 4.53. The summed E-state index contributed by atoms with van der Waals surface area (Å²) in [4.78, 5) is 0. The van der Waals surface area contributed by atoms with Crippen LogP contribution in [0.2, 0.25) is 0 Å². The van der Waals surface area contributed by atoms with Crippen molar-refractivity contribution >= 4 is 12.3 Å². The largest absolute Gasteiger partial charge is 0.404 e. The smallest absolute Gasteiger partial charge is 0.123 e. The van der Waals surface area contributed by atoms with Crippen LogP contribution in [0.4, 0.5) is 4.39 Å². The monoisotopic (exact) mass is 151 g/mol. The topological polar surface area (TPSA) is 26.0 Å². The van der Waals surface area contributed by atoms with Gasteiger partial charge >= 0.3 is 0 Å². The first kappa shape index (κ1) is 7.79. The lowest BCUT2D eigenvalue weighted by Crippen LogP contribution is -2.25. The third kappa shape index (κ3) is 1.58. The van der Waals surface area contributed by atoms with E-state index >= 15 is 0 Å². The van der Waals surface area contributed by atoms with Crippen LogP contribution in [-0.4, -0.2) is 0 Å². The van der Waals surface area contributed by atoms with Gasteiger partial charge in [0.1, 0.15) is 5.82 Å². The average molecular weight is 151 g/mol. The molecule has 1 aromatic carbocycles. The second kappa shape index (κ2) is 3.19. The van der Waals surface area contributed by atoms with Crippen molar-refractivity contribution < 1.29 is 4.39 Å². The maximum atomic E-state index is 12.6. The van der Waals surface area contributed by atoms with Crippen molar-refractivity contribution in [3.05, 3.63) is 34.5 Å². The lowest BCUT2D eigenvalue weighted by molar-refractivity contribution is 0.626. The molecule has 0 aliphatic carbocycles. The van der Waals surface area contributed by atoms with Crippen molar-refractivity contribution in [1.82, 2.24) is 0 Å². The fourth-order valence-electron chi connectivity index (χ4n) is 0.953. The second-order valence-electron chi connectivity index (χ2n) is 2.23. The minimum Gasteiger partial charge on any atom is -0.404 e. The van der Waals surface area contributed by atoms with Gasteiger partial charge in [-0.2, -0.15) is 0 Å². The molecule has 0 amide bonds. The molecule has 0 radical (unpaired) electrons. The summed E-state index contributed by atoms with van der Waals surface area (Å²) in [5.41, 5.74) is 5.28. The minimum absolute atomic E-state index is 0.257. The van der Waals surface area contributed by atoms with Crippen LogP contribution < -0.4 is 16.2 Å². The molecular formula is C9H10FN. The van der Waals surface area contributed by atoms with Gasteiger partial charge in [-0.25, -0.2) is 4.39 Å². The van der Waals surface area contributed by atoms with Gasteiger partial charge < -0.3 is 5.73 Å². The van der Waals surface area contributed by atoms with E-state index in [0.717, 1.165) is 10.4 Å². The number of hydrogen-bond donors (Lipinski definition) is 1. The van der Waals surface area contributed by atoms with Gasteiger partial charge in [-0.1, -0.05) is 12.1 Å². The van der Waals surface area contributed by atoms with Crippen LogP contribution in [0.15, 0.2) is 18.2 Å². The summed E-state index contributed by atoms with van der Waals surface area (Å²) in [6.07, 6.45) is 3.29. The van der Waals surface area contributed by atoms with Gasteiger partial charge in [0.15, 0.2) is 0 Å². The minimum atomic E-state index is -0.257. The highest BCUT2D eigenvalue weighted by Crippen LogP contribution is 1.85. The Hall–Kier alpha value is -1.31. The van der Waals surface area contributed by atoms with Crippen LogP contribution in [0.1, 0.15) is 6.92 Å².